The topological polar surface area (TPSA) is 122 Å². The third kappa shape index (κ3) is 5.12. The molecule has 1 aliphatic heterocycles. The number of amides is 3. The Morgan fingerprint density at radius 3 is 2.58 bits per heavy atom. The van der Waals surface area contributed by atoms with Crippen molar-refractivity contribution in [2.45, 2.75) is 25.4 Å². The van der Waals surface area contributed by atoms with E-state index in [0.29, 0.717) is 6.61 Å². The van der Waals surface area contributed by atoms with Crippen molar-refractivity contribution in [3.05, 3.63) is 0 Å². The molecule has 0 aromatic rings. The molecule has 0 aromatic heterocycles. The first-order chi connectivity index (χ1) is 8.82. The molecule has 0 aliphatic carbocycles. The smallest absolute Gasteiger partial charge is 0.323 e. The van der Waals surface area contributed by atoms with Crippen LogP contribution >= 0.6 is 0 Å². The normalized spacial score (nSPS) is 21.9. The molecule has 19 heavy (non-hydrogen) atoms. The van der Waals surface area contributed by atoms with Gasteiger partial charge in [0.25, 0.3) is 0 Å². The molecule has 1 rings (SSSR count). The molecule has 3 amide bonds. The molecule has 0 aromatic carbocycles. The van der Waals surface area contributed by atoms with E-state index in [0.717, 1.165) is 17.7 Å². The molecule has 8 heteroatoms. The van der Waals surface area contributed by atoms with E-state index < -0.39 is 36.6 Å². The Balaban J connectivity index is 2.51. The average Bonchev–Trinajstić information content (AvgIpc) is 2.71. The van der Waals surface area contributed by atoms with Gasteiger partial charge in [-0.2, -0.15) is 0 Å². The summed E-state index contributed by atoms with van der Waals surface area (Å²) in [6, 6.07) is -0.641. The van der Waals surface area contributed by atoms with Crippen LogP contribution in [0.1, 0.15) is 19.8 Å². The fraction of sp³-hybridized carbons (Fsp3) is 0.727. The van der Waals surface area contributed by atoms with Gasteiger partial charge in [0.05, 0.1) is 5.60 Å². The number of carboxylic acids is 1. The highest BCUT2D eigenvalue weighted by Crippen LogP contribution is 2.23. The lowest BCUT2D eigenvalue weighted by Gasteiger charge is -2.26. The standard InChI is InChI=1S/C11H19N3O5/c1-11(3-2-4-19-11)7-13-10(18)14(5-8(12)15)6-9(16)17/h2-7H2,1H3,(H2,12,15)(H,13,18)(H,16,17). The Kier molecular flexibility index (Phi) is 5.11. The molecule has 0 bridgehead atoms. The second kappa shape index (κ2) is 6.37. The van der Waals surface area contributed by atoms with E-state index in [4.69, 9.17) is 15.6 Å². The van der Waals surface area contributed by atoms with Gasteiger partial charge in [-0.05, 0) is 19.8 Å². The number of nitrogens with two attached hydrogens (primary N) is 1. The van der Waals surface area contributed by atoms with Crippen molar-refractivity contribution in [2.24, 2.45) is 5.73 Å². The van der Waals surface area contributed by atoms with Crippen LogP contribution in [0.25, 0.3) is 0 Å². The Morgan fingerprint density at radius 1 is 1.42 bits per heavy atom. The van der Waals surface area contributed by atoms with Crippen LogP contribution in [-0.2, 0) is 14.3 Å². The van der Waals surface area contributed by atoms with Crippen molar-refractivity contribution in [3.8, 4) is 0 Å². The summed E-state index contributed by atoms with van der Waals surface area (Å²) in [5, 5.41) is 11.2. The molecule has 1 saturated heterocycles. The summed E-state index contributed by atoms with van der Waals surface area (Å²) < 4.78 is 5.49. The molecule has 1 unspecified atom stereocenters. The molecular weight excluding hydrogens is 254 g/mol. The number of aliphatic carboxylic acids is 1. The quantitative estimate of drug-likeness (QED) is 0.581. The maximum atomic E-state index is 11.8. The first-order valence-corrected chi connectivity index (χ1v) is 5.99. The lowest BCUT2D eigenvalue weighted by atomic mass is 10.0. The number of rotatable bonds is 6. The van der Waals surface area contributed by atoms with Gasteiger partial charge in [-0.15, -0.1) is 0 Å². The number of urea groups is 1. The van der Waals surface area contributed by atoms with Crippen molar-refractivity contribution in [3.63, 3.8) is 0 Å². The number of carbonyl (C=O) groups excluding carboxylic acids is 2. The fourth-order valence-electron chi connectivity index (χ4n) is 1.90. The summed E-state index contributed by atoms with van der Waals surface area (Å²) in [5.74, 6) is -1.97. The monoisotopic (exact) mass is 273 g/mol. The van der Waals surface area contributed by atoms with Gasteiger partial charge < -0.3 is 25.8 Å². The van der Waals surface area contributed by atoms with Crippen molar-refractivity contribution in [2.75, 3.05) is 26.2 Å². The van der Waals surface area contributed by atoms with Gasteiger partial charge >= 0.3 is 12.0 Å². The summed E-state index contributed by atoms with van der Waals surface area (Å²) in [5.41, 5.74) is 4.54. The van der Waals surface area contributed by atoms with Crippen LogP contribution in [0.5, 0.6) is 0 Å². The summed E-state index contributed by atoms with van der Waals surface area (Å²) in [6.45, 7) is 1.77. The maximum absolute atomic E-state index is 11.8. The predicted molar refractivity (Wildman–Crippen MR) is 65.4 cm³/mol. The van der Waals surface area contributed by atoms with Gasteiger partial charge in [-0.1, -0.05) is 0 Å². The number of hydrogen-bond donors (Lipinski definition) is 3. The Morgan fingerprint density at radius 2 is 2.11 bits per heavy atom. The minimum atomic E-state index is -1.21. The number of carboxylic acid groups (broad SMARTS) is 1. The van der Waals surface area contributed by atoms with E-state index >= 15 is 0 Å². The van der Waals surface area contributed by atoms with Crippen LogP contribution in [0.15, 0.2) is 0 Å². The largest absolute Gasteiger partial charge is 0.480 e. The molecule has 4 N–H and O–H groups in total. The number of hydrogen-bond acceptors (Lipinski definition) is 4. The highest BCUT2D eigenvalue weighted by molar-refractivity contribution is 5.85. The Hall–Kier alpha value is -1.83. The van der Waals surface area contributed by atoms with Crippen LogP contribution in [0.2, 0.25) is 0 Å². The van der Waals surface area contributed by atoms with Crippen LogP contribution < -0.4 is 11.1 Å². The van der Waals surface area contributed by atoms with Crippen molar-refractivity contribution in [1.82, 2.24) is 10.2 Å². The van der Waals surface area contributed by atoms with Crippen molar-refractivity contribution >= 4 is 17.9 Å². The van der Waals surface area contributed by atoms with Gasteiger partial charge in [0.2, 0.25) is 5.91 Å². The molecule has 108 valence electrons. The van der Waals surface area contributed by atoms with Crippen LogP contribution in [0, 0.1) is 0 Å². The lowest BCUT2D eigenvalue weighted by molar-refractivity contribution is -0.137. The fourth-order valence-corrected chi connectivity index (χ4v) is 1.90. The zero-order valence-electron chi connectivity index (χ0n) is 10.8. The number of carbonyl (C=O) groups is 3. The molecule has 1 fully saturated rings. The van der Waals surface area contributed by atoms with Crippen molar-refractivity contribution in [1.29, 1.82) is 0 Å². The van der Waals surface area contributed by atoms with Gasteiger partial charge in [0, 0.05) is 13.2 Å². The molecule has 0 radical (unpaired) electrons. The zero-order valence-corrected chi connectivity index (χ0v) is 10.8. The summed E-state index contributed by atoms with van der Waals surface area (Å²) >= 11 is 0. The third-order valence-corrected chi connectivity index (χ3v) is 2.87. The second-order valence-corrected chi connectivity index (χ2v) is 4.78. The van der Waals surface area contributed by atoms with E-state index in [1.54, 1.807) is 0 Å². The summed E-state index contributed by atoms with van der Waals surface area (Å²) in [7, 11) is 0. The minimum absolute atomic E-state index is 0.265. The minimum Gasteiger partial charge on any atom is -0.480 e. The van der Waals surface area contributed by atoms with Crippen LogP contribution in [-0.4, -0.2) is 59.8 Å². The first kappa shape index (κ1) is 15.2. The highest BCUT2D eigenvalue weighted by Gasteiger charge is 2.31. The SMILES string of the molecule is CC1(CNC(=O)N(CC(N)=O)CC(=O)O)CCCO1. The summed E-state index contributed by atoms with van der Waals surface area (Å²) in [6.07, 6.45) is 1.74. The van der Waals surface area contributed by atoms with Gasteiger partial charge in [0.1, 0.15) is 13.1 Å². The van der Waals surface area contributed by atoms with E-state index in [9.17, 15) is 14.4 Å². The van der Waals surface area contributed by atoms with E-state index in [1.165, 1.54) is 0 Å². The second-order valence-electron chi connectivity index (χ2n) is 4.78. The molecule has 1 aliphatic rings. The number of nitrogens with zero attached hydrogens (tertiary/aromatic N) is 1. The zero-order chi connectivity index (χ0) is 14.5. The third-order valence-electron chi connectivity index (χ3n) is 2.87. The maximum Gasteiger partial charge on any atom is 0.323 e. The Bertz CT molecular complexity index is 349. The number of ether oxygens (including phenoxy) is 1. The van der Waals surface area contributed by atoms with Gasteiger partial charge in [-0.3, -0.25) is 9.59 Å². The number of primary amides is 1. The first-order valence-electron chi connectivity index (χ1n) is 5.99. The van der Waals surface area contributed by atoms with E-state index in [-0.39, 0.29) is 6.54 Å². The summed E-state index contributed by atoms with van der Waals surface area (Å²) in [4.78, 5) is 34.1. The molecule has 0 saturated carbocycles. The molecular formula is C11H19N3O5. The molecule has 8 nitrogen and oxygen atoms in total. The lowest BCUT2D eigenvalue weighted by Crippen LogP contribution is -2.50. The molecule has 1 heterocycles. The number of nitrogens with one attached hydrogen (secondary N) is 1. The molecule has 0 spiro atoms. The Labute approximate surface area is 110 Å². The molecule has 1 atom stereocenters. The van der Waals surface area contributed by atoms with Gasteiger partial charge in [-0.25, -0.2) is 4.79 Å². The van der Waals surface area contributed by atoms with Crippen LogP contribution in [0.4, 0.5) is 4.79 Å². The van der Waals surface area contributed by atoms with Gasteiger partial charge in [0.15, 0.2) is 0 Å². The predicted octanol–water partition coefficient (Wildman–Crippen LogP) is -0.863. The van der Waals surface area contributed by atoms with E-state index in [2.05, 4.69) is 5.32 Å². The average molecular weight is 273 g/mol. The van der Waals surface area contributed by atoms with Crippen LogP contribution in [0.3, 0.4) is 0 Å². The highest BCUT2D eigenvalue weighted by atomic mass is 16.5. The van der Waals surface area contributed by atoms with E-state index in [1.807, 2.05) is 6.92 Å². The van der Waals surface area contributed by atoms with Crippen molar-refractivity contribution < 1.29 is 24.2 Å².